The first-order valence-corrected chi connectivity index (χ1v) is 5.93. The molecule has 0 amide bonds. The normalized spacial score (nSPS) is 10.9. The van der Waals surface area contributed by atoms with Crippen molar-refractivity contribution in [2.45, 2.75) is 6.42 Å². The maximum absolute atomic E-state index is 4.98. The fraction of sp³-hybridized carbons (Fsp3) is 0.357. The number of nitrogens with zero attached hydrogens (tertiary/aromatic N) is 1. The highest BCUT2D eigenvalue weighted by molar-refractivity contribution is 5.78. The van der Waals surface area contributed by atoms with Crippen LogP contribution >= 0.6 is 0 Å². The van der Waals surface area contributed by atoms with Gasteiger partial charge in [0.25, 0.3) is 0 Å². The first kappa shape index (κ1) is 12.0. The van der Waals surface area contributed by atoms with Gasteiger partial charge in [-0.3, -0.25) is 4.98 Å². The topological polar surface area (TPSA) is 34.1 Å². The minimum Gasteiger partial charge on any atom is -0.383 e. The van der Waals surface area contributed by atoms with E-state index in [1.54, 1.807) is 7.11 Å². The summed E-state index contributed by atoms with van der Waals surface area (Å²) >= 11 is 0. The number of para-hydroxylation sites is 1. The minimum absolute atomic E-state index is 0.760. The Morgan fingerprint density at radius 2 is 2.12 bits per heavy atom. The molecule has 0 unspecified atom stereocenters. The number of hydrogen-bond acceptors (Lipinski definition) is 3. The van der Waals surface area contributed by atoms with E-state index in [2.05, 4.69) is 22.4 Å². The van der Waals surface area contributed by atoms with Gasteiger partial charge in [-0.1, -0.05) is 18.2 Å². The van der Waals surface area contributed by atoms with E-state index in [-0.39, 0.29) is 0 Å². The molecular formula is C14H18N2O. The molecule has 0 aliphatic heterocycles. The number of benzene rings is 1. The molecule has 90 valence electrons. The first-order chi connectivity index (χ1) is 8.40. The monoisotopic (exact) mass is 230 g/mol. The fourth-order valence-electron chi connectivity index (χ4n) is 1.79. The number of pyridine rings is 1. The Kier molecular flexibility index (Phi) is 4.47. The SMILES string of the molecule is COCCNCCc1cnc2ccccc2c1. The second kappa shape index (κ2) is 6.33. The van der Waals surface area contributed by atoms with Gasteiger partial charge < -0.3 is 10.1 Å². The molecule has 2 aromatic rings. The van der Waals surface area contributed by atoms with Crippen LogP contribution in [-0.2, 0) is 11.2 Å². The smallest absolute Gasteiger partial charge is 0.0702 e. The van der Waals surface area contributed by atoms with Crippen LogP contribution in [0.4, 0.5) is 0 Å². The zero-order valence-electron chi connectivity index (χ0n) is 10.1. The third-order valence-electron chi connectivity index (χ3n) is 2.72. The summed E-state index contributed by atoms with van der Waals surface area (Å²) in [6.45, 7) is 2.62. The third kappa shape index (κ3) is 3.51. The summed E-state index contributed by atoms with van der Waals surface area (Å²) in [4.78, 5) is 4.44. The molecule has 2 rings (SSSR count). The van der Waals surface area contributed by atoms with Crippen molar-refractivity contribution in [3.63, 3.8) is 0 Å². The Labute approximate surface area is 102 Å². The average Bonchev–Trinajstić information content (AvgIpc) is 2.38. The molecule has 0 saturated heterocycles. The largest absolute Gasteiger partial charge is 0.383 e. The van der Waals surface area contributed by atoms with E-state index in [4.69, 9.17) is 4.74 Å². The van der Waals surface area contributed by atoms with Crippen LogP contribution in [0.3, 0.4) is 0 Å². The maximum Gasteiger partial charge on any atom is 0.0702 e. The summed E-state index contributed by atoms with van der Waals surface area (Å²) in [6.07, 6.45) is 2.96. The van der Waals surface area contributed by atoms with Crippen LogP contribution < -0.4 is 5.32 Å². The van der Waals surface area contributed by atoms with E-state index >= 15 is 0 Å². The lowest BCUT2D eigenvalue weighted by molar-refractivity contribution is 0.199. The number of methoxy groups -OCH3 is 1. The molecule has 1 aromatic carbocycles. The van der Waals surface area contributed by atoms with Gasteiger partial charge in [-0.25, -0.2) is 0 Å². The van der Waals surface area contributed by atoms with Crippen molar-refractivity contribution in [2.24, 2.45) is 0 Å². The molecule has 3 heteroatoms. The number of aromatic nitrogens is 1. The van der Waals surface area contributed by atoms with Crippen molar-refractivity contribution >= 4 is 10.9 Å². The van der Waals surface area contributed by atoms with Crippen LogP contribution in [0.25, 0.3) is 10.9 Å². The zero-order chi connectivity index (χ0) is 11.9. The van der Waals surface area contributed by atoms with E-state index in [9.17, 15) is 0 Å². The molecule has 1 N–H and O–H groups in total. The highest BCUT2D eigenvalue weighted by atomic mass is 16.5. The van der Waals surface area contributed by atoms with Gasteiger partial charge in [0.15, 0.2) is 0 Å². The Morgan fingerprint density at radius 1 is 1.24 bits per heavy atom. The molecule has 1 aromatic heterocycles. The number of hydrogen-bond donors (Lipinski definition) is 1. The second-order valence-electron chi connectivity index (χ2n) is 4.03. The molecule has 0 radical (unpaired) electrons. The number of ether oxygens (including phenoxy) is 1. The van der Waals surface area contributed by atoms with Crippen LogP contribution in [0.1, 0.15) is 5.56 Å². The van der Waals surface area contributed by atoms with Crippen molar-refractivity contribution < 1.29 is 4.74 Å². The Morgan fingerprint density at radius 3 is 3.00 bits per heavy atom. The summed E-state index contributed by atoms with van der Waals surface area (Å²) in [5, 5.41) is 4.54. The molecule has 0 bridgehead atoms. The fourth-order valence-corrected chi connectivity index (χ4v) is 1.79. The summed E-state index contributed by atoms with van der Waals surface area (Å²) in [5.74, 6) is 0. The van der Waals surface area contributed by atoms with Gasteiger partial charge >= 0.3 is 0 Å². The highest BCUT2D eigenvalue weighted by Gasteiger charge is 1.97. The van der Waals surface area contributed by atoms with Crippen LogP contribution in [0.15, 0.2) is 36.5 Å². The summed E-state index contributed by atoms with van der Waals surface area (Å²) < 4.78 is 4.98. The van der Waals surface area contributed by atoms with Gasteiger partial charge in [-0.05, 0) is 30.7 Å². The minimum atomic E-state index is 0.760. The molecule has 3 nitrogen and oxygen atoms in total. The number of fused-ring (bicyclic) bond motifs is 1. The van der Waals surface area contributed by atoms with Crippen molar-refractivity contribution in [1.82, 2.24) is 10.3 Å². The van der Waals surface area contributed by atoms with Crippen molar-refractivity contribution in [2.75, 3.05) is 26.8 Å². The maximum atomic E-state index is 4.98. The first-order valence-electron chi connectivity index (χ1n) is 5.93. The van der Waals surface area contributed by atoms with E-state index in [0.29, 0.717) is 0 Å². The number of nitrogens with one attached hydrogen (secondary N) is 1. The van der Waals surface area contributed by atoms with Gasteiger partial charge in [-0.2, -0.15) is 0 Å². The summed E-state index contributed by atoms with van der Waals surface area (Å²) in [6, 6.07) is 10.4. The third-order valence-corrected chi connectivity index (χ3v) is 2.72. The lowest BCUT2D eigenvalue weighted by Crippen LogP contribution is -2.21. The molecule has 0 saturated carbocycles. The highest BCUT2D eigenvalue weighted by Crippen LogP contribution is 2.12. The van der Waals surface area contributed by atoms with Gasteiger partial charge in [0, 0.05) is 25.2 Å². The van der Waals surface area contributed by atoms with Crippen LogP contribution in [0.2, 0.25) is 0 Å². The van der Waals surface area contributed by atoms with E-state index in [0.717, 1.165) is 31.6 Å². The van der Waals surface area contributed by atoms with E-state index in [1.165, 1.54) is 10.9 Å². The van der Waals surface area contributed by atoms with Gasteiger partial charge in [0.1, 0.15) is 0 Å². The van der Waals surface area contributed by atoms with Crippen LogP contribution in [0, 0.1) is 0 Å². The average molecular weight is 230 g/mol. The zero-order valence-corrected chi connectivity index (χ0v) is 10.1. The van der Waals surface area contributed by atoms with Crippen molar-refractivity contribution in [1.29, 1.82) is 0 Å². The molecule has 0 spiro atoms. The van der Waals surface area contributed by atoms with E-state index in [1.807, 2.05) is 24.4 Å². The molecule has 0 atom stereocenters. The van der Waals surface area contributed by atoms with Crippen LogP contribution in [-0.4, -0.2) is 31.8 Å². The Hall–Kier alpha value is -1.45. The predicted octanol–water partition coefficient (Wildman–Crippen LogP) is 2.01. The molecule has 0 aliphatic rings. The van der Waals surface area contributed by atoms with Gasteiger partial charge in [0.05, 0.1) is 12.1 Å². The molecule has 17 heavy (non-hydrogen) atoms. The van der Waals surface area contributed by atoms with Gasteiger partial charge in [-0.15, -0.1) is 0 Å². The Balaban J connectivity index is 1.90. The molecular weight excluding hydrogens is 212 g/mol. The van der Waals surface area contributed by atoms with Crippen molar-refractivity contribution in [3.05, 3.63) is 42.1 Å². The predicted molar refractivity (Wildman–Crippen MR) is 70.2 cm³/mol. The summed E-state index contributed by atoms with van der Waals surface area (Å²) in [7, 11) is 1.72. The molecule has 0 fully saturated rings. The quantitative estimate of drug-likeness (QED) is 0.771. The number of rotatable bonds is 6. The molecule has 1 heterocycles. The summed E-state index contributed by atoms with van der Waals surface area (Å²) in [5.41, 5.74) is 2.33. The van der Waals surface area contributed by atoms with Gasteiger partial charge in [0.2, 0.25) is 0 Å². The lowest BCUT2D eigenvalue weighted by Gasteiger charge is -2.05. The molecule has 0 aliphatic carbocycles. The van der Waals surface area contributed by atoms with Crippen LogP contribution in [0.5, 0.6) is 0 Å². The standard InChI is InChI=1S/C14H18N2O/c1-17-9-8-15-7-6-12-10-13-4-2-3-5-14(13)16-11-12/h2-5,10-11,15H,6-9H2,1H3. The van der Waals surface area contributed by atoms with E-state index < -0.39 is 0 Å². The Bertz CT molecular complexity index is 470. The lowest BCUT2D eigenvalue weighted by atomic mass is 10.1. The second-order valence-corrected chi connectivity index (χ2v) is 4.03. The van der Waals surface area contributed by atoms with Crippen molar-refractivity contribution in [3.8, 4) is 0 Å².